The number of aryl methyl sites for hydroxylation is 2. The third kappa shape index (κ3) is 7.73. The first kappa shape index (κ1) is 25.5. The fourth-order valence-corrected chi connectivity index (χ4v) is 3.42. The minimum Gasteiger partial charge on any atom is -0.373 e. The Morgan fingerprint density at radius 2 is 1.91 bits per heavy atom. The maximum Gasteiger partial charge on any atom is 0.253 e. The zero-order valence-electron chi connectivity index (χ0n) is 19.7. The average Bonchev–Trinajstić information content (AvgIpc) is 2.80. The number of pyridine rings is 1. The number of hydrogen-bond donors (Lipinski definition) is 2. The van der Waals surface area contributed by atoms with Gasteiger partial charge in [0.15, 0.2) is 0 Å². The maximum absolute atomic E-state index is 12.8. The lowest BCUT2D eigenvalue weighted by Gasteiger charge is -2.20. The smallest absolute Gasteiger partial charge is 0.253 e. The Morgan fingerprint density at radius 3 is 2.59 bits per heavy atom. The molecule has 2 aromatic rings. The predicted octanol–water partition coefficient (Wildman–Crippen LogP) is 3.10. The maximum atomic E-state index is 12.8. The van der Waals surface area contributed by atoms with Crippen LogP contribution in [-0.4, -0.2) is 54.0 Å². The number of nitrogens with two attached hydrogens (primary N) is 1. The van der Waals surface area contributed by atoms with Gasteiger partial charge in [-0.05, 0) is 68.1 Å². The molecular weight excluding hydrogens is 404 g/mol. The van der Waals surface area contributed by atoms with Crippen molar-refractivity contribution >= 4 is 11.8 Å². The summed E-state index contributed by atoms with van der Waals surface area (Å²) >= 11 is 0. The number of carbonyl (C=O) groups excluding carboxylic acids is 2. The van der Waals surface area contributed by atoms with Gasteiger partial charge >= 0.3 is 0 Å². The molecule has 2 rings (SSSR count). The summed E-state index contributed by atoms with van der Waals surface area (Å²) in [6.45, 7) is 10.3. The Balaban J connectivity index is 1.88. The van der Waals surface area contributed by atoms with E-state index < -0.39 is 0 Å². The van der Waals surface area contributed by atoms with Crippen LogP contribution in [-0.2, 0) is 17.8 Å². The first-order chi connectivity index (χ1) is 15.4. The van der Waals surface area contributed by atoms with E-state index in [0.29, 0.717) is 37.4 Å². The second kappa shape index (κ2) is 12.9. The Labute approximate surface area is 191 Å². The number of nitrogens with zero attached hydrogens (tertiary/aromatic N) is 2. The van der Waals surface area contributed by atoms with Gasteiger partial charge in [0, 0.05) is 43.0 Å². The molecule has 174 valence electrons. The van der Waals surface area contributed by atoms with Crippen molar-refractivity contribution in [2.45, 2.75) is 53.2 Å². The summed E-state index contributed by atoms with van der Waals surface area (Å²) in [4.78, 5) is 31.5. The third-order valence-corrected chi connectivity index (χ3v) is 5.14. The SMILES string of the molecule is CCCN(CC)C(=O)c1cc(C)cc(C(=O)NCC(N)COCc2cc(CC)ccn2)c1. The molecule has 0 saturated heterocycles. The molecule has 0 bridgehead atoms. The van der Waals surface area contributed by atoms with Crippen LogP contribution in [0.1, 0.15) is 64.7 Å². The summed E-state index contributed by atoms with van der Waals surface area (Å²) in [5, 5.41) is 2.84. The summed E-state index contributed by atoms with van der Waals surface area (Å²) in [6.07, 6.45) is 3.61. The molecule has 0 aliphatic heterocycles. The van der Waals surface area contributed by atoms with Crippen LogP contribution in [0.4, 0.5) is 0 Å². The molecule has 3 N–H and O–H groups in total. The highest BCUT2D eigenvalue weighted by Crippen LogP contribution is 2.13. The molecule has 1 unspecified atom stereocenters. The van der Waals surface area contributed by atoms with Gasteiger partial charge in [-0.3, -0.25) is 14.6 Å². The highest BCUT2D eigenvalue weighted by atomic mass is 16.5. The number of nitrogens with one attached hydrogen (secondary N) is 1. The topological polar surface area (TPSA) is 97.6 Å². The van der Waals surface area contributed by atoms with Gasteiger partial charge in [0.25, 0.3) is 11.8 Å². The van der Waals surface area contributed by atoms with Crippen molar-refractivity contribution in [2.75, 3.05) is 26.2 Å². The normalized spacial score (nSPS) is 11.8. The van der Waals surface area contributed by atoms with Gasteiger partial charge in [0.1, 0.15) is 0 Å². The van der Waals surface area contributed by atoms with Crippen LogP contribution < -0.4 is 11.1 Å². The molecule has 0 aliphatic carbocycles. The molecule has 0 fully saturated rings. The lowest BCUT2D eigenvalue weighted by molar-refractivity contribution is 0.0764. The lowest BCUT2D eigenvalue weighted by Crippen LogP contribution is -2.40. The lowest BCUT2D eigenvalue weighted by atomic mass is 10.0. The zero-order chi connectivity index (χ0) is 23.5. The Morgan fingerprint density at radius 1 is 1.16 bits per heavy atom. The van der Waals surface area contributed by atoms with Gasteiger partial charge < -0.3 is 20.7 Å². The molecule has 1 atom stereocenters. The van der Waals surface area contributed by atoms with Crippen molar-refractivity contribution in [1.29, 1.82) is 0 Å². The van der Waals surface area contributed by atoms with Crippen molar-refractivity contribution in [3.05, 3.63) is 64.5 Å². The quantitative estimate of drug-likeness (QED) is 0.529. The van der Waals surface area contributed by atoms with Gasteiger partial charge in [-0.2, -0.15) is 0 Å². The van der Waals surface area contributed by atoms with Crippen LogP contribution >= 0.6 is 0 Å². The Hall–Kier alpha value is -2.77. The number of amides is 2. The molecule has 0 spiro atoms. The molecule has 0 saturated carbocycles. The zero-order valence-corrected chi connectivity index (χ0v) is 19.7. The number of carbonyl (C=O) groups is 2. The first-order valence-electron chi connectivity index (χ1n) is 11.3. The van der Waals surface area contributed by atoms with Crippen LogP contribution in [0.25, 0.3) is 0 Å². The minimum absolute atomic E-state index is 0.0575. The second-order valence-corrected chi connectivity index (χ2v) is 7.97. The van der Waals surface area contributed by atoms with Gasteiger partial charge in [0.05, 0.1) is 18.9 Å². The molecule has 1 aromatic carbocycles. The van der Waals surface area contributed by atoms with Crippen molar-refractivity contribution in [1.82, 2.24) is 15.2 Å². The van der Waals surface area contributed by atoms with E-state index >= 15 is 0 Å². The standard InChI is InChI=1S/C25H36N4O3/c1-5-10-29(7-3)25(31)21-12-18(4)11-20(14-21)24(30)28-15-22(26)16-32-17-23-13-19(6-2)8-9-27-23/h8-9,11-14,22H,5-7,10,15-17,26H2,1-4H3,(H,28,30). The third-order valence-electron chi connectivity index (χ3n) is 5.14. The van der Waals surface area contributed by atoms with E-state index in [2.05, 4.69) is 17.2 Å². The van der Waals surface area contributed by atoms with Crippen LogP contribution in [0, 0.1) is 6.92 Å². The van der Waals surface area contributed by atoms with Crippen LogP contribution in [0.3, 0.4) is 0 Å². The number of rotatable bonds is 12. The van der Waals surface area contributed by atoms with Gasteiger partial charge in [-0.25, -0.2) is 0 Å². The van der Waals surface area contributed by atoms with Crippen molar-refractivity contribution in [3.63, 3.8) is 0 Å². The summed E-state index contributed by atoms with van der Waals surface area (Å²) in [5.74, 6) is -0.313. The van der Waals surface area contributed by atoms with Crippen molar-refractivity contribution in [2.24, 2.45) is 5.73 Å². The van der Waals surface area contributed by atoms with Gasteiger partial charge in [0.2, 0.25) is 0 Å². The number of ether oxygens (including phenoxy) is 1. The fraction of sp³-hybridized carbons (Fsp3) is 0.480. The molecule has 32 heavy (non-hydrogen) atoms. The molecule has 7 heteroatoms. The molecule has 0 radical (unpaired) electrons. The Kier molecular flexibility index (Phi) is 10.3. The summed E-state index contributed by atoms with van der Waals surface area (Å²) < 4.78 is 5.66. The number of aromatic nitrogens is 1. The van der Waals surface area contributed by atoms with Crippen LogP contribution in [0.15, 0.2) is 36.5 Å². The minimum atomic E-state index is -0.348. The highest BCUT2D eigenvalue weighted by molar-refractivity contribution is 6.00. The predicted molar refractivity (Wildman–Crippen MR) is 127 cm³/mol. The van der Waals surface area contributed by atoms with Gasteiger partial charge in [-0.1, -0.05) is 13.8 Å². The molecule has 1 aromatic heterocycles. The van der Waals surface area contributed by atoms with Crippen LogP contribution in [0.5, 0.6) is 0 Å². The summed E-state index contributed by atoms with van der Waals surface area (Å²) in [6, 6.07) is 8.90. The largest absolute Gasteiger partial charge is 0.373 e. The molecular formula is C25H36N4O3. The summed E-state index contributed by atoms with van der Waals surface area (Å²) in [7, 11) is 0. The van der Waals surface area contributed by atoms with Gasteiger partial charge in [-0.15, -0.1) is 0 Å². The molecule has 7 nitrogen and oxygen atoms in total. The van der Waals surface area contributed by atoms with Crippen molar-refractivity contribution in [3.8, 4) is 0 Å². The van der Waals surface area contributed by atoms with E-state index in [4.69, 9.17) is 10.5 Å². The van der Waals surface area contributed by atoms with E-state index in [1.54, 1.807) is 23.2 Å². The first-order valence-corrected chi connectivity index (χ1v) is 11.3. The van der Waals surface area contributed by atoms with E-state index in [0.717, 1.165) is 24.1 Å². The van der Waals surface area contributed by atoms with E-state index in [-0.39, 0.29) is 24.4 Å². The molecule has 0 aliphatic rings. The summed E-state index contributed by atoms with van der Waals surface area (Å²) in [5.41, 5.74) is 10.0. The molecule has 1 heterocycles. The monoisotopic (exact) mass is 440 g/mol. The Bertz CT molecular complexity index is 901. The number of benzene rings is 1. The number of hydrogen-bond acceptors (Lipinski definition) is 5. The van der Waals surface area contributed by atoms with E-state index in [1.807, 2.05) is 39.0 Å². The highest BCUT2D eigenvalue weighted by Gasteiger charge is 2.17. The fourth-order valence-electron chi connectivity index (χ4n) is 3.42. The van der Waals surface area contributed by atoms with Crippen LogP contribution in [0.2, 0.25) is 0 Å². The van der Waals surface area contributed by atoms with Crippen molar-refractivity contribution < 1.29 is 14.3 Å². The second-order valence-electron chi connectivity index (χ2n) is 7.97. The average molecular weight is 441 g/mol. The van der Waals surface area contributed by atoms with E-state index in [9.17, 15) is 9.59 Å². The van der Waals surface area contributed by atoms with E-state index in [1.165, 1.54) is 5.56 Å². The molecule has 2 amide bonds.